The number of carbonyl (C=O) groups excluding carboxylic acids is 1. The van der Waals surface area contributed by atoms with Gasteiger partial charge in [0.15, 0.2) is 23.9 Å². The minimum absolute atomic E-state index is 0.0120. The second-order valence-corrected chi connectivity index (χ2v) is 15.5. The Kier molecular flexibility index (Phi) is 14.2. The molecule has 284 valence electrons. The number of rotatable bonds is 19. The van der Waals surface area contributed by atoms with E-state index in [0.717, 1.165) is 51.6 Å². The number of morpholine rings is 1. The largest absolute Gasteiger partial charge is 0.495 e. The molecule has 2 aliphatic rings. The van der Waals surface area contributed by atoms with Gasteiger partial charge in [-0.15, -0.1) is 0 Å². The number of alkyl halides is 2. The molecule has 2 heterocycles. The first-order valence-corrected chi connectivity index (χ1v) is 19.8. The van der Waals surface area contributed by atoms with Crippen LogP contribution in [0.3, 0.4) is 0 Å². The van der Waals surface area contributed by atoms with E-state index in [1.807, 2.05) is 0 Å². The third kappa shape index (κ3) is 11.3. The molecule has 1 atom stereocenters. The lowest BCUT2D eigenvalue weighted by Crippen LogP contribution is -2.37. The van der Waals surface area contributed by atoms with Crippen LogP contribution in [0.4, 0.5) is 14.5 Å². The lowest BCUT2D eigenvalue weighted by molar-refractivity contribution is -0.377. The summed E-state index contributed by atoms with van der Waals surface area (Å²) in [5, 5.41) is 0.578. The molecule has 0 spiro atoms. The number of esters is 1. The Bertz CT molecular complexity index is 1760. The van der Waals surface area contributed by atoms with Crippen LogP contribution in [0.1, 0.15) is 59.7 Å². The van der Waals surface area contributed by atoms with Gasteiger partial charge in [-0.1, -0.05) is 35.7 Å². The van der Waals surface area contributed by atoms with Crippen LogP contribution in [0, 0.1) is 5.92 Å². The van der Waals surface area contributed by atoms with Crippen LogP contribution in [0.15, 0.2) is 48.8 Å². The van der Waals surface area contributed by atoms with Crippen molar-refractivity contribution in [1.82, 2.24) is 4.90 Å². The van der Waals surface area contributed by atoms with Gasteiger partial charge in [-0.05, 0) is 74.0 Å². The molecule has 5 rings (SSSR count). The number of halogens is 4. The highest BCUT2D eigenvalue weighted by Crippen LogP contribution is 2.39. The summed E-state index contributed by atoms with van der Waals surface area (Å²) >= 11 is 13.0. The van der Waals surface area contributed by atoms with Crippen molar-refractivity contribution in [2.24, 2.45) is 5.92 Å². The fourth-order valence-corrected chi connectivity index (χ4v) is 7.37. The Morgan fingerprint density at radius 3 is 2.38 bits per heavy atom. The predicted octanol–water partition coefficient (Wildman–Crippen LogP) is 6.62. The van der Waals surface area contributed by atoms with Crippen LogP contribution in [-0.4, -0.2) is 85.3 Å². The first kappa shape index (κ1) is 39.8. The van der Waals surface area contributed by atoms with Crippen molar-refractivity contribution in [1.29, 1.82) is 0 Å². The number of nitrogens with one attached hydrogen (secondary N) is 1. The molecule has 16 heteroatoms. The Labute approximate surface area is 313 Å². The highest BCUT2D eigenvalue weighted by atomic mass is 35.5. The molecule has 0 unspecified atom stereocenters. The lowest BCUT2D eigenvalue weighted by Gasteiger charge is -2.27. The highest BCUT2D eigenvalue weighted by molar-refractivity contribution is 7.92. The summed E-state index contributed by atoms with van der Waals surface area (Å²) in [6.45, 7) is 1.52. The quantitative estimate of drug-likeness (QED) is 0.0977. The van der Waals surface area contributed by atoms with E-state index < -0.39 is 28.7 Å². The molecule has 0 bridgehead atoms. The van der Waals surface area contributed by atoms with Crippen molar-refractivity contribution in [2.45, 2.75) is 51.2 Å². The molecule has 3 aromatic rings. The van der Waals surface area contributed by atoms with Gasteiger partial charge >= 0.3 is 12.6 Å². The van der Waals surface area contributed by atoms with Crippen molar-refractivity contribution in [2.75, 3.05) is 63.7 Å². The zero-order valence-electron chi connectivity index (χ0n) is 29.1. The number of sulfonamides is 1. The molecule has 1 aliphatic carbocycles. The molecule has 0 amide bonds. The van der Waals surface area contributed by atoms with Crippen molar-refractivity contribution in [3.8, 4) is 17.2 Å². The number of ether oxygens (including phenoxy) is 5. The molecular weight excluding hydrogens is 743 g/mol. The number of hydrogen-bond acceptors (Lipinski definition) is 9. The maximum atomic E-state index is 13.9. The van der Waals surface area contributed by atoms with Crippen molar-refractivity contribution < 1.29 is 50.7 Å². The van der Waals surface area contributed by atoms with Gasteiger partial charge in [-0.2, -0.15) is 8.78 Å². The molecule has 1 N–H and O–H groups in total. The fourth-order valence-electron chi connectivity index (χ4n) is 5.87. The van der Waals surface area contributed by atoms with E-state index in [4.69, 9.17) is 46.9 Å². The number of H-pyrrole nitrogens is 1. The molecule has 52 heavy (non-hydrogen) atoms. The van der Waals surface area contributed by atoms with Gasteiger partial charge < -0.3 is 23.7 Å². The summed E-state index contributed by atoms with van der Waals surface area (Å²) in [5.74, 6) is -0.281. The Morgan fingerprint density at radius 1 is 1.02 bits per heavy atom. The molecular formula is C36H44Cl2F2N3O8S+. The van der Waals surface area contributed by atoms with Gasteiger partial charge in [0.05, 0.1) is 44.4 Å². The second kappa shape index (κ2) is 18.6. The summed E-state index contributed by atoms with van der Waals surface area (Å²) in [5.41, 5.74) is 1.13. The minimum Gasteiger partial charge on any atom is -0.495 e. The molecule has 1 saturated heterocycles. The van der Waals surface area contributed by atoms with E-state index in [-0.39, 0.29) is 51.5 Å². The van der Waals surface area contributed by atoms with Crippen LogP contribution >= 0.6 is 23.2 Å². The summed E-state index contributed by atoms with van der Waals surface area (Å²) in [7, 11) is -2.36. The normalized spacial score (nSPS) is 15.7. The second-order valence-electron chi connectivity index (χ2n) is 12.8. The van der Waals surface area contributed by atoms with E-state index in [1.54, 1.807) is 0 Å². The summed E-state index contributed by atoms with van der Waals surface area (Å²) in [4.78, 5) is 19.1. The van der Waals surface area contributed by atoms with Crippen LogP contribution < -0.4 is 23.5 Å². The van der Waals surface area contributed by atoms with Crippen LogP contribution in [-0.2, 0) is 25.9 Å². The molecule has 1 aromatic heterocycles. The number of anilines is 1. The first-order chi connectivity index (χ1) is 24.9. The topological polar surface area (TPSA) is 118 Å². The lowest BCUT2D eigenvalue weighted by atomic mass is 10.0. The number of hydrogen-bond donors (Lipinski definition) is 0. The average Bonchev–Trinajstić information content (AvgIpc) is 3.94. The van der Waals surface area contributed by atoms with E-state index in [9.17, 15) is 22.0 Å². The molecule has 0 radical (unpaired) electrons. The van der Waals surface area contributed by atoms with Gasteiger partial charge in [0.2, 0.25) is 10.0 Å². The standard InChI is InChI=1S/C36H43Cl2F2N3O8S/c1-47-31-10-9-26(18-30(31)43(52(2,45)46)13-5-3-4-12-42-14-16-48-17-15-42)35(44)50-33(20-27-28(37)21-41-22-29(27)38)25-8-11-32(51-36(39)40)34(19-25)49-23-24-6-7-24/h8-11,18-19,21-22,24,33,36H,3-7,12-17,20,23H2,1-2H3/p+1/t33-/m0/s1. The Hall–Kier alpha value is -3.43. The molecule has 11 nitrogen and oxygen atoms in total. The number of nitrogens with zero attached hydrogens (tertiary/aromatic N) is 2. The van der Waals surface area contributed by atoms with E-state index >= 15 is 0 Å². The SMILES string of the molecule is COc1ccc(C(=O)O[C@@H](Cc2c(Cl)c[nH+]cc2Cl)c2ccc(OC(F)F)c(OCC3CC3)c2)cc1N(CCCCCN1CCOCC1)S(C)(=O)=O. The number of methoxy groups -OCH3 is 1. The zero-order chi connectivity index (χ0) is 37.3. The van der Waals surface area contributed by atoms with Crippen LogP contribution in [0.5, 0.6) is 17.2 Å². The minimum atomic E-state index is -3.78. The summed E-state index contributed by atoms with van der Waals surface area (Å²) in [6, 6.07) is 8.75. The van der Waals surface area contributed by atoms with Crippen molar-refractivity contribution in [3.05, 3.63) is 75.5 Å². The number of aromatic nitrogens is 1. The molecule has 2 fully saturated rings. The number of benzene rings is 2. The van der Waals surface area contributed by atoms with Crippen molar-refractivity contribution in [3.63, 3.8) is 0 Å². The van der Waals surface area contributed by atoms with E-state index in [0.29, 0.717) is 43.3 Å². The maximum Gasteiger partial charge on any atom is 0.387 e. The number of pyridine rings is 1. The third-order valence-corrected chi connectivity index (χ3v) is 10.7. The van der Waals surface area contributed by atoms with Gasteiger partial charge in [-0.25, -0.2) is 18.2 Å². The van der Waals surface area contributed by atoms with Gasteiger partial charge in [0.25, 0.3) is 0 Å². The Morgan fingerprint density at radius 2 is 1.73 bits per heavy atom. The van der Waals surface area contributed by atoms with E-state index in [2.05, 4.69) is 9.88 Å². The average molecular weight is 788 g/mol. The molecule has 1 aliphatic heterocycles. The number of unbranched alkanes of at least 4 members (excludes halogenated alkanes) is 2. The van der Waals surface area contributed by atoms with Gasteiger partial charge in [0.1, 0.15) is 21.9 Å². The van der Waals surface area contributed by atoms with Crippen LogP contribution in [0.2, 0.25) is 10.0 Å². The Balaban J connectivity index is 1.40. The monoisotopic (exact) mass is 786 g/mol. The third-order valence-electron chi connectivity index (χ3n) is 8.89. The van der Waals surface area contributed by atoms with Gasteiger partial charge in [-0.3, -0.25) is 9.21 Å². The maximum absolute atomic E-state index is 13.9. The molecule has 1 saturated carbocycles. The summed E-state index contributed by atoms with van der Waals surface area (Å²) in [6.07, 6.45) is 7.39. The first-order valence-electron chi connectivity index (χ1n) is 17.1. The van der Waals surface area contributed by atoms with Gasteiger partial charge in [0, 0.05) is 31.6 Å². The zero-order valence-corrected chi connectivity index (χ0v) is 31.5. The van der Waals surface area contributed by atoms with Crippen molar-refractivity contribution >= 4 is 44.9 Å². The summed E-state index contributed by atoms with van der Waals surface area (Å²) < 4.78 is 81.5. The molecule has 2 aromatic carbocycles. The van der Waals surface area contributed by atoms with Crippen LogP contribution in [0.25, 0.3) is 0 Å². The smallest absolute Gasteiger partial charge is 0.387 e. The number of aromatic amines is 1. The van der Waals surface area contributed by atoms with E-state index in [1.165, 1.54) is 60.2 Å². The fraction of sp³-hybridized carbons (Fsp3) is 0.500. The number of carbonyl (C=O) groups is 1. The highest BCUT2D eigenvalue weighted by Gasteiger charge is 2.28. The predicted molar refractivity (Wildman–Crippen MR) is 192 cm³/mol.